The third kappa shape index (κ3) is 5.25. The Labute approximate surface area is 114 Å². The largest absolute Gasteiger partial charge is 0.271 e. The van der Waals surface area contributed by atoms with Crippen molar-refractivity contribution in [1.82, 2.24) is 5.43 Å². The summed E-state index contributed by atoms with van der Waals surface area (Å²) in [6, 6.07) is 3.77. The van der Waals surface area contributed by atoms with Crippen LogP contribution in [0.2, 0.25) is 0 Å². The highest BCUT2D eigenvalue weighted by Gasteiger charge is 2.20. The molecule has 1 aromatic carbocycles. The fraction of sp³-hybridized carbons (Fsp3) is 0.600. The zero-order chi connectivity index (χ0) is 14.6. The fourth-order valence-electron chi connectivity index (χ4n) is 2.56. The predicted molar refractivity (Wildman–Crippen MR) is 74.3 cm³/mol. The van der Waals surface area contributed by atoms with Gasteiger partial charge in [0.25, 0.3) is 0 Å². The van der Waals surface area contributed by atoms with E-state index in [1.807, 2.05) is 0 Å². The third-order valence-corrected chi connectivity index (χ3v) is 3.15. The van der Waals surface area contributed by atoms with Crippen LogP contribution in [-0.4, -0.2) is 0 Å². The molecule has 0 saturated heterocycles. The van der Waals surface area contributed by atoms with E-state index in [0.717, 1.165) is 18.9 Å². The molecule has 0 bridgehead atoms. The molecule has 2 nitrogen and oxygen atoms in total. The van der Waals surface area contributed by atoms with Crippen LogP contribution in [0.5, 0.6) is 0 Å². The summed E-state index contributed by atoms with van der Waals surface area (Å²) in [6.07, 6.45) is 1.84. The molecular formula is C15H24F2N2. The van der Waals surface area contributed by atoms with E-state index in [0.29, 0.717) is 11.5 Å². The predicted octanol–water partition coefficient (Wildman–Crippen LogP) is 3.93. The molecule has 2 unspecified atom stereocenters. The molecule has 3 N–H and O–H groups in total. The van der Waals surface area contributed by atoms with Crippen molar-refractivity contribution in [3.05, 3.63) is 35.4 Å². The van der Waals surface area contributed by atoms with E-state index < -0.39 is 11.6 Å². The van der Waals surface area contributed by atoms with E-state index in [-0.39, 0.29) is 11.5 Å². The standard InChI is InChI=1S/C15H24F2N2/c1-10(9-15(2,3)4)7-14(19-18)11-5-6-12(16)13(17)8-11/h5-6,8,10,14,19H,7,9,18H2,1-4H3. The molecule has 0 fully saturated rings. The lowest BCUT2D eigenvalue weighted by molar-refractivity contribution is 0.276. The highest BCUT2D eigenvalue weighted by molar-refractivity contribution is 5.21. The zero-order valence-electron chi connectivity index (χ0n) is 12.1. The second-order valence-corrected chi connectivity index (χ2v) is 6.50. The number of nitrogens with two attached hydrogens (primary N) is 1. The van der Waals surface area contributed by atoms with Gasteiger partial charge in [-0.1, -0.05) is 33.8 Å². The van der Waals surface area contributed by atoms with E-state index in [9.17, 15) is 8.78 Å². The van der Waals surface area contributed by atoms with E-state index in [4.69, 9.17) is 5.84 Å². The molecule has 0 aromatic heterocycles. The van der Waals surface area contributed by atoms with Crippen LogP contribution in [0.25, 0.3) is 0 Å². The number of hydrazine groups is 1. The van der Waals surface area contributed by atoms with Gasteiger partial charge in [0.15, 0.2) is 11.6 Å². The van der Waals surface area contributed by atoms with Gasteiger partial charge in [0.05, 0.1) is 0 Å². The van der Waals surface area contributed by atoms with Crippen molar-refractivity contribution >= 4 is 0 Å². The Bertz CT molecular complexity index is 413. The lowest BCUT2D eigenvalue weighted by atomic mass is 9.82. The molecule has 0 saturated carbocycles. The van der Waals surface area contributed by atoms with Crippen molar-refractivity contribution in [2.45, 2.75) is 46.6 Å². The molecule has 19 heavy (non-hydrogen) atoms. The van der Waals surface area contributed by atoms with Crippen LogP contribution in [-0.2, 0) is 0 Å². The van der Waals surface area contributed by atoms with Gasteiger partial charge >= 0.3 is 0 Å². The van der Waals surface area contributed by atoms with Crippen molar-refractivity contribution in [2.75, 3.05) is 0 Å². The Hall–Kier alpha value is -1.00. The lowest BCUT2D eigenvalue weighted by Gasteiger charge is -2.26. The first-order chi connectivity index (χ1) is 8.73. The second-order valence-electron chi connectivity index (χ2n) is 6.50. The molecule has 1 rings (SSSR count). The minimum absolute atomic E-state index is 0.160. The first-order valence-corrected chi connectivity index (χ1v) is 6.64. The molecule has 0 aliphatic rings. The molecular weight excluding hydrogens is 246 g/mol. The summed E-state index contributed by atoms with van der Waals surface area (Å²) >= 11 is 0. The molecule has 0 spiro atoms. The first kappa shape index (κ1) is 16.1. The average molecular weight is 270 g/mol. The van der Waals surface area contributed by atoms with E-state index >= 15 is 0 Å². The Morgan fingerprint density at radius 2 is 1.84 bits per heavy atom. The SMILES string of the molecule is CC(CC(NN)c1ccc(F)c(F)c1)CC(C)(C)C. The van der Waals surface area contributed by atoms with Gasteiger partial charge in [0.1, 0.15) is 0 Å². The summed E-state index contributed by atoms with van der Waals surface area (Å²) in [5.41, 5.74) is 3.62. The molecule has 4 heteroatoms. The lowest BCUT2D eigenvalue weighted by Crippen LogP contribution is -2.30. The Morgan fingerprint density at radius 3 is 2.32 bits per heavy atom. The van der Waals surface area contributed by atoms with Crippen molar-refractivity contribution in [3.63, 3.8) is 0 Å². The summed E-state index contributed by atoms with van der Waals surface area (Å²) in [5, 5.41) is 0. The zero-order valence-corrected chi connectivity index (χ0v) is 12.1. The number of hydrogen-bond donors (Lipinski definition) is 2. The van der Waals surface area contributed by atoms with E-state index in [2.05, 4.69) is 33.1 Å². The fourth-order valence-corrected chi connectivity index (χ4v) is 2.56. The molecule has 0 aliphatic heterocycles. The van der Waals surface area contributed by atoms with Crippen LogP contribution in [0.1, 0.15) is 52.1 Å². The molecule has 0 amide bonds. The topological polar surface area (TPSA) is 38.0 Å². The summed E-state index contributed by atoms with van der Waals surface area (Å²) in [5.74, 6) is 4.31. The Kier molecular flexibility index (Phi) is 5.44. The van der Waals surface area contributed by atoms with Crippen LogP contribution < -0.4 is 11.3 Å². The van der Waals surface area contributed by atoms with E-state index in [1.54, 1.807) is 6.07 Å². The molecule has 2 atom stereocenters. The third-order valence-electron chi connectivity index (χ3n) is 3.15. The van der Waals surface area contributed by atoms with Gasteiger partial charge in [-0.15, -0.1) is 0 Å². The van der Waals surface area contributed by atoms with Gasteiger partial charge in [-0.05, 0) is 41.9 Å². The van der Waals surface area contributed by atoms with Crippen LogP contribution in [0, 0.1) is 23.0 Å². The molecule has 1 aromatic rings. The minimum atomic E-state index is -0.832. The number of hydrogen-bond acceptors (Lipinski definition) is 2. The maximum Gasteiger partial charge on any atom is 0.159 e. The quantitative estimate of drug-likeness (QED) is 0.628. The molecule has 108 valence electrons. The Balaban J connectivity index is 2.75. The van der Waals surface area contributed by atoms with Crippen LogP contribution in [0.3, 0.4) is 0 Å². The highest BCUT2D eigenvalue weighted by Crippen LogP contribution is 2.30. The number of benzene rings is 1. The van der Waals surface area contributed by atoms with Crippen molar-refractivity contribution < 1.29 is 8.78 Å². The van der Waals surface area contributed by atoms with Gasteiger partial charge in [0.2, 0.25) is 0 Å². The van der Waals surface area contributed by atoms with Gasteiger partial charge < -0.3 is 0 Å². The number of rotatable bonds is 5. The van der Waals surface area contributed by atoms with Gasteiger partial charge in [0, 0.05) is 6.04 Å². The van der Waals surface area contributed by atoms with Crippen molar-refractivity contribution in [1.29, 1.82) is 0 Å². The van der Waals surface area contributed by atoms with Gasteiger partial charge in [-0.25, -0.2) is 8.78 Å². The van der Waals surface area contributed by atoms with Crippen LogP contribution in [0.4, 0.5) is 8.78 Å². The Morgan fingerprint density at radius 1 is 1.21 bits per heavy atom. The van der Waals surface area contributed by atoms with Crippen LogP contribution >= 0.6 is 0 Å². The summed E-state index contributed by atoms with van der Waals surface area (Å²) in [4.78, 5) is 0. The highest BCUT2D eigenvalue weighted by atomic mass is 19.2. The number of halogens is 2. The molecule has 0 aliphatic carbocycles. The van der Waals surface area contributed by atoms with Gasteiger partial charge in [-0.3, -0.25) is 11.3 Å². The summed E-state index contributed by atoms with van der Waals surface area (Å²) in [7, 11) is 0. The summed E-state index contributed by atoms with van der Waals surface area (Å²) in [6.45, 7) is 8.71. The van der Waals surface area contributed by atoms with Crippen LogP contribution in [0.15, 0.2) is 18.2 Å². The second kappa shape index (κ2) is 6.44. The smallest absolute Gasteiger partial charge is 0.159 e. The van der Waals surface area contributed by atoms with Crippen molar-refractivity contribution in [3.8, 4) is 0 Å². The van der Waals surface area contributed by atoms with E-state index in [1.165, 1.54) is 6.07 Å². The maximum atomic E-state index is 13.2. The maximum absolute atomic E-state index is 13.2. The summed E-state index contributed by atoms with van der Waals surface area (Å²) < 4.78 is 26.2. The van der Waals surface area contributed by atoms with Gasteiger partial charge in [-0.2, -0.15) is 0 Å². The number of nitrogens with one attached hydrogen (secondary N) is 1. The average Bonchev–Trinajstić information content (AvgIpc) is 2.27. The minimum Gasteiger partial charge on any atom is -0.271 e. The first-order valence-electron chi connectivity index (χ1n) is 6.64. The van der Waals surface area contributed by atoms with Crippen molar-refractivity contribution in [2.24, 2.45) is 17.2 Å². The monoisotopic (exact) mass is 270 g/mol. The molecule has 0 radical (unpaired) electrons. The normalized spacial score (nSPS) is 15.3. The molecule has 0 heterocycles.